The number of carbonyl (C=O) groups excluding carboxylic acids is 1. The highest BCUT2D eigenvalue weighted by Gasteiger charge is 2.38. The zero-order chi connectivity index (χ0) is 31.7. The van der Waals surface area contributed by atoms with E-state index in [0.717, 1.165) is 27.9 Å². The Morgan fingerprint density at radius 3 is 1.80 bits per heavy atom. The summed E-state index contributed by atoms with van der Waals surface area (Å²) in [6.45, 7) is 1.35. The number of non-ortho nitro benzene ring substituents is 1. The highest BCUT2D eigenvalue weighted by Crippen LogP contribution is 2.36. The molecule has 0 N–H and O–H groups in total. The number of ether oxygens (including phenoxy) is 1. The molecule has 0 saturated carbocycles. The van der Waals surface area contributed by atoms with Crippen LogP contribution in [0.2, 0.25) is 0 Å². The first-order valence-corrected chi connectivity index (χ1v) is 13.5. The molecule has 1 heterocycles. The van der Waals surface area contributed by atoms with Crippen LogP contribution in [0.5, 0.6) is 0 Å². The highest BCUT2D eigenvalue weighted by atomic mass is 19.5. The fraction of sp³-hybridized carbons (Fsp3) is 0.0909. The van der Waals surface area contributed by atoms with Gasteiger partial charge in [0.2, 0.25) is 11.7 Å². The number of aromatic nitrogens is 1. The molecule has 6 nitrogen and oxygen atoms in total. The summed E-state index contributed by atoms with van der Waals surface area (Å²) in [6, 6.07) is 39.8. The summed E-state index contributed by atoms with van der Waals surface area (Å²) in [4.78, 5) is 23.6. The average Bonchev–Trinajstić information content (AvgIpc) is 3.01. The minimum atomic E-state index is -6.00. The maximum atomic E-state index is 12.4. The molecule has 0 fully saturated rings. The van der Waals surface area contributed by atoms with Crippen molar-refractivity contribution in [3.63, 3.8) is 0 Å². The molecule has 44 heavy (non-hydrogen) atoms. The smallest absolute Gasteiger partial charge is 0.450 e. The summed E-state index contributed by atoms with van der Waals surface area (Å²) in [5, 5.41) is 11.6. The van der Waals surface area contributed by atoms with Crippen molar-refractivity contribution >= 4 is 18.9 Å². The van der Waals surface area contributed by atoms with Crippen LogP contribution in [-0.4, -0.2) is 18.1 Å². The first kappa shape index (κ1) is 31.6. The summed E-state index contributed by atoms with van der Waals surface area (Å²) >= 11 is 0. The summed E-state index contributed by atoms with van der Waals surface area (Å²) in [5.41, 5.74) is 5.37. The Balaban J connectivity index is 0.000000818. The minimum absolute atomic E-state index is 0.0656. The van der Waals surface area contributed by atoms with Crippen molar-refractivity contribution < 1.29 is 36.3 Å². The van der Waals surface area contributed by atoms with E-state index in [1.807, 2.05) is 91.1 Å². The average molecular weight is 602 g/mol. The molecule has 0 radical (unpaired) electrons. The van der Waals surface area contributed by atoms with Crippen LogP contribution in [0.1, 0.15) is 30.2 Å². The number of esters is 1. The van der Waals surface area contributed by atoms with E-state index in [0.29, 0.717) is 5.56 Å². The number of pyridine rings is 1. The minimum Gasteiger partial charge on any atom is -0.450 e. The standard InChI is InChI=1S/C33H27N2O4.BF4/c1-24(36)39-33(29-18-11-19-30(22-29)35(37)38)32(27-16-9-4-10-17-27)34-21-20-28(25-12-5-2-6-13-25)23-31(34)26-14-7-3-8-15-26;2-1(3,4)5/h2-23,32-33H,1H3;/q+1;-1. The summed E-state index contributed by atoms with van der Waals surface area (Å²) in [6.07, 6.45) is 1.16. The van der Waals surface area contributed by atoms with Gasteiger partial charge in [0.15, 0.2) is 12.3 Å². The third-order valence-corrected chi connectivity index (χ3v) is 6.59. The van der Waals surface area contributed by atoms with Crippen molar-refractivity contribution in [2.24, 2.45) is 0 Å². The lowest BCUT2D eigenvalue weighted by Gasteiger charge is -2.25. The molecule has 2 atom stereocenters. The summed E-state index contributed by atoms with van der Waals surface area (Å²) in [7, 11) is -6.00. The summed E-state index contributed by atoms with van der Waals surface area (Å²) in [5.74, 6) is -0.477. The van der Waals surface area contributed by atoms with Gasteiger partial charge in [-0.1, -0.05) is 91.0 Å². The second kappa shape index (κ2) is 14.2. The molecule has 1 aromatic heterocycles. The number of nitro groups is 1. The van der Waals surface area contributed by atoms with Crippen LogP contribution >= 0.6 is 0 Å². The zero-order valence-corrected chi connectivity index (χ0v) is 23.5. The lowest BCUT2D eigenvalue weighted by atomic mass is 9.93. The number of nitrogens with zero attached hydrogens (tertiary/aromatic N) is 2. The second-order valence-corrected chi connectivity index (χ2v) is 9.67. The van der Waals surface area contributed by atoms with Gasteiger partial charge < -0.3 is 22.0 Å². The predicted molar refractivity (Wildman–Crippen MR) is 160 cm³/mol. The molecule has 11 heteroatoms. The van der Waals surface area contributed by atoms with Gasteiger partial charge in [0.1, 0.15) is 0 Å². The third kappa shape index (κ3) is 8.60. The molecule has 0 bridgehead atoms. The molecule has 0 aliphatic heterocycles. The van der Waals surface area contributed by atoms with Crippen LogP contribution < -0.4 is 4.57 Å². The van der Waals surface area contributed by atoms with E-state index >= 15 is 0 Å². The lowest BCUT2D eigenvalue weighted by molar-refractivity contribution is -0.711. The van der Waals surface area contributed by atoms with Crippen LogP contribution in [0.25, 0.3) is 22.4 Å². The zero-order valence-electron chi connectivity index (χ0n) is 23.5. The van der Waals surface area contributed by atoms with E-state index in [9.17, 15) is 32.2 Å². The number of hydrogen-bond acceptors (Lipinski definition) is 4. The van der Waals surface area contributed by atoms with E-state index in [4.69, 9.17) is 4.74 Å². The van der Waals surface area contributed by atoms with E-state index < -0.39 is 30.3 Å². The fourth-order valence-corrected chi connectivity index (χ4v) is 4.85. The molecular weight excluding hydrogens is 575 g/mol. The van der Waals surface area contributed by atoms with Crippen molar-refractivity contribution in [3.05, 3.63) is 155 Å². The molecular formula is C33H27BF4N2O4. The number of halogens is 4. The normalized spacial score (nSPS) is 12.3. The molecule has 0 aliphatic rings. The Bertz CT molecular complexity index is 1700. The van der Waals surface area contributed by atoms with Crippen LogP contribution in [0.3, 0.4) is 0 Å². The predicted octanol–water partition coefficient (Wildman–Crippen LogP) is 8.41. The van der Waals surface area contributed by atoms with Crippen molar-refractivity contribution in [1.82, 2.24) is 0 Å². The first-order valence-electron chi connectivity index (χ1n) is 13.5. The van der Waals surface area contributed by atoms with Gasteiger partial charge in [0.25, 0.3) is 5.69 Å². The highest BCUT2D eigenvalue weighted by molar-refractivity contribution is 6.50. The van der Waals surface area contributed by atoms with E-state index in [1.54, 1.807) is 12.1 Å². The summed E-state index contributed by atoms with van der Waals surface area (Å²) < 4.78 is 47.1. The van der Waals surface area contributed by atoms with Gasteiger partial charge in [-0.15, -0.1) is 0 Å². The molecule has 0 amide bonds. The second-order valence-electron chi connectivity index (χ2n) is 9.67. The van der Waals surface area contributed by atoms with Crippen LogP contribution in [-0.2, 0) is 9.53 Å². The molecule has 5 aromatic rings. The van der Waals surface area contributed by atoms with Crippen molar-refractivity contribution in [2.45, 2.75) is 19.1 Å². The van der Waals surface area contributed by atoms with Crippen molar-refractivity contribution in [2.75, 3.05) is 0 Å². The Hall–Kier alpha value is -5.32. The van der Waals surface area contributed by atoms with Gasteiger partial charge in [-0.2, -0.15) is 4.57 Å². The van der Waals surface area contributed by atoms with E-state index in [1.165, 1.54) is 19.1 Å². The molecule has 0 spiro atoms. The topological polar surface area (TPSA) is 73.3 Å². The fourth-order valence-electron chi connectivity index (χ4n) is 4.85. The van der Waals surface area contributed by atoms with Gasteiger partial charge in [-0.3, -0.25) is 14.9 Å². The van der Waals surface area contributed by atoms with E-state index in [-0.39, 0.29) is 5.69 Å². The van der Waals surface area contributed by atoms with Crippen LogP contribution in [0, 0.1) is 10.1 Å². The number of benzene rings is 4. The third-order valence-electron chi connectivity index (χ3n) is 6.59. The number of nitro benzene ring substituents is 1. The van der Waals surface area contributed by atoms with E-state index in [2.05, 4.69) is 22.8 Å². The molecule has 4 aromatic carbocycles. The van der Waals surface area contributed by atoms with Crippen molar-refractivity contribution in [3.8, 4) is 22.4 Å². The number of carbonyl (C=O) groups is 1. The Morgan fingerprint density at radius 1 is 0.727 bits per heavy atom. The monoisotopic (exact) mass is 602 g/mol. The first-order chi connectivity index (χ1) is 21.0. The molecule has 224 valence electrons. The number of rotatable bonds is 8. The van der Waals surface area contributed by atoms with Gasteiger partial charge in [-0.05, 0) is 23.3 Å². The molecule has 0 aliphatic carbocycles. The molecule has 0 saturated heterocycles. The largest absolute Gasteiger partial charge is 0.673 e. The van der Waals surface area contributed by atoms with Gasteiger partial charge in [0.05, 0.1) is 4.92 Å². The van der Waals surface area contributed by atoms with Crippen LogP contribution in [0.15, 0.2) is 134 Å². The molecule has 5 rings (SSSR count). The van der Waals surface area contributed by atoms with Gasteiger partial charge in [0, 0.05) is 47.9 Å². The molecule has 2 unspecified atom stereocenters. The Labute approximate surface area is 251 Å². The maximum Gasteiger partial charge on any atom is 0.673 e. The van der Waals surface area contributed by atoms with Gasteiger partial charge in [-0.25, -0.2) is 0 Å². The maximum absolute atomic E-state index is 12.4. The lowest BCUT2D eigenvalue weighted by Crippen LogP contribution is -2.46. The Morgan fingerprint density at radius 2 is 1.25 bits per heavy atom. The number of hydrogen-bond donors (Lipinski definition) is 0. The quantitative estimate of drug-likeness (QED) is 0.0447. The van der Waals surface area contributed by atoms with Gasteiger partial charge >= 0.3 is 13.2 Å². The SMILES string of the molecule is CC(=O)OC(c1cccc([N+](=O)[O-])c1)C(c1ccccc1)[n+]1ccc(-c2ccccc2)cc1-c1ccccc1.F[B-](F)(F)F. The van der Waals surface area contributed by atoms with Crippen molar-refractivity contribution in [1.29, 1.82) is 0 Å². The van der Waals surface area contributed by atoms with Crippen LogP contribution in [0.4, 0.5) is 23.0 Å². The Kier molecular flexibility index (Phi) is 10.2.